The molecule has 4 nitrogen and oxygen atoms in total. The summed E-state index contributed by atoms with van der Waals surface area (Å²) in [4.78, 5) is 11.5. The Balaban J connectivity index is 2.52. The topological polar surface area (TPSA) is 50.4 Å². The second-order valence-electron chi connectivity index (χ2n) is 4.53. The fraction of sp³-hybridized carbons (Fsp3) is 0.429. The lowest BCUT2D eigenvalue weighted by molar-refractivity contribution is 0.0526. The van der Waals surface area contributed by atoms with Crippen LogP contribution in [0.4, 0.5) is 5.69 Å². The van der Waals surface area contributed by atoms with Gasteiger partial charge in [-0.15, -0.1) is 0 Å². The van der Waals surface area contributed by atoms with Gasteiger partial charge in [-0.25, -0.2) is 4.79 Å². The van der Waals surface area contributed by atoms with E-state index in [1.807, 2.05) is 0 Å². The van der Waals surface area contributed by atoms with Crippen LogP contribution < -0.4 is 10.6 Å². The van der Waals surface area contributed by atoms with Gasteiger partial charge < -0.3 is 15.4 Å². The van der Waals surface area contributed by atoms with Crippen molar-refractivity contribution in [2.24, 2.45) is 5.92 Å². The third kappa shape index (κ3) is 5.70. The molecule has 0 aliphatic rings. The molecule has 0 amide bonds. The smallest absolute Gasteiger partial charge is 0.338 e. The van der Waals surface area contributed by atoms with E-state index in [2.05, 4.69) is 24.5 Å². The molecule has 0 bridgehead atoms. The summed E-state index contributed by atoms with van der Waals surface area (Å²) in [5.74, 6) is 0.223. The molecule has 0 aliphatic heterocycles. The highest BCUT2D eigenvalue weighted by atomic mass is 32.1. The summed E-state index contributed by atoms with van der Waals surface area (Å²) < 4.78 is 4.92. The zero-order valence-corrected chi connectivity index (χ0v) is 12.3. The molecule has 1 aromatic rings. The molecule has 0 aliphatic carbocycles. The molecule has 104 valence electrons. The van der Waals surface area contributed by atoms with E-state index < -0.39 is 0 Å². The molecule has 1 aromatic carbocycles. The molecular weight excluding hydrogens is 260 g/mol. The fourth-order valence-electron chi connectivity index (χ4n) is 1.38. The normalized spacial score (nSPS) is 10.1. The second kappa shape index (κ2) is 7.74. The van der Waals surface area contributed by atoms with Crippen LogP contribution >= 0.6 is 12.2 Å². The first-order valence-electron chi connectivity index (χ1n) is 6.35. The van der Waals surface area contributed by atoms with Gasteiger partial charge in [-0.05, 0) is 49.3 Å². The molecule has 0 fully saturated rings. The van der Waals surface area contributed by atoms with Crippen LogP contribution in [-0.2, 0) is 4.74 Å². The Labute approximate surface area is 119 Å². The molecule has 5 heteroatoms. The predicted molar refractivity (Wildman–Crippen MR) is 81.5 cm³/mol. The molecule has 0 saturated carbocycles. The van der Waals surface area contributed by atoms with Gasteiger partial charge in [0.1, 0.15) is 0 Å². The molecule has 2 N–H and O–H groups in total. The maximum atomic E-state index is 11.5. The van der Waals surface area contributed by atoms with Crippen molar-refractivity contribution >= 4 is 29.0 Å². The molecule has 1 rings (SSSR count). The number of hydrogen-bond donors (Lipinski definition) is 2. The number of carbonyl (C=O) groups is 1. The maximum Gasteiger partial charge on any atom is 0.338 e. The summed E-state index contributed by atoms with van der Waals surface area (Å²) in [5, 5.41) is 6.76. The maximum absolute atomic E-state index is 11.5. The Morgan fingerprint density at radius 3 is 2.47 bits per heavy atom. The molecule has 0 saturated heterocycles. The Kier molecular flexibility index (Phi) is 6.29. The molecule has 0 aromatic heterocycles. The summed E-state index contributed by atoms with van der Waals surface area (Å²) in [6.45, 7) is 7.22. The number of anilines is 1. The third-order valence-corrected chi connectivity index (χ3v) is 2.57. The van der Waals surface area contributed by atoms with Crippen LogP contribution in [0.2, 0.25) is 0 Å². The lowest BCUT2D eigenvalue weighted by atomic mass is 10.2. The summed E-state index contributed by atoms with van der Waals surface area (Å²) in [7, 11) is 0. The van der Waals surface area contributed by atoms with Gasteiger partial charge in [0.05, 0.1) is 12.2 Å². The first-order chi connectivity index (χ1) is 9.02. The molecule has 0 heterocycles. The van der Waals surface area contributed by atoms with Gasteiger partial charge in [-0.1, -0.05) is 13.8 Å². The van der Waals surface area contributed by atoms with Crippen LogP contribution in [0.25, 0.3) is 0 Å². The van der Waals surface area contributed by atoms with Gasteiger partial charge in [0, 0.05) is 12.2 Å². The van der Waals surface area contributed by atoms with Crippen LogP contribution in [0.1, 0.15) is 31.1 Å². The summed E-state index contributed by atoms with van der Waals surface area (Å²) in [6, 6.07) is 7.03. The van der Waals surface area contributed by atoms with Crippen molar-refractivity contribution < 1.29 is 9.53 Å². The fourth-order valence-corrected chi connectivity index (χ4v) is 1.58. The lowest BCUT2D eigenvalue weighted by Crippen LogP contribution is -2.31. The van der Waals surface area contributed by atoms with Crippen molar-refractivity contribution in [2.75, 3.05) is 18.5 Å². The van der Waals surface area contributed by atoms with Crippen LogP contribution in [0.3, 0.4) is 0 Å². The number of carbonyl (C=O) groups excluding carboxylic acids is 1. The highest BCUT2D eigenvalue weighted by Crippen LogP contribution is 2.10. The van der Waals surface area contributed by atoms with E-state index in [1.54, 1.807) is 31.2 Å². The molecule has 19 heavy (non-hydrogen) atoms. The van der Waals surface area contributed by atoms with Gasteiger partial charge >= 0.3 is 5.97 Å². The van der Waals surface area contributed by atoms with Crippen molar-refractivity contribution in [1.29, 1.82) is 0 Å². The summed E-state index contributed by atoms with van der Waals surface area (Å²) in [6.07, 6.45) is 0. The first kappa shape index (κ1) is 15.4. The molecule has 0 radical (unpaired) electrons. The van der Waals surface area contributed by atoms with E-state index in [1.165, 1.54) is 0 Å². The Hall–Kier alpha value is -1.62. The number of ether oxygens (including phenoxy) is 1. The third-order valence-electron chi connectivity index (χ3n) is 2.32. The zero-order chi connectivity index (χ0) is 14.3. The Bertz CT molecular complexity index is 430. The van der Waals surface area contributed by atoms with Crippen molar-refractivity contribution in [3.63, 3.8) is 0 Å². The zero-order valence-electron chi connectivity index (χ0n) is 11.5. The highest BCUT2D eigenvalue weighted by molar-refractivity contribution is 7.80. The van der Waals surface area contributed by atoms with Crippen LogP contribution in [0.15, 0.2) is 24.3 Å². The number of esters is 1. The van der Waals surface area contributed by atoms with E-state index >= 15 is 0 Å². The second-order valence-corrected chi connectivity index (χ2v) is 4.93. The lowest BCUT2D eigenvalue weighted by Gasteiger charge is -2.12. The number of nitrogens with one attached hydrogen (secondary N) is 2. The molecule has 0 spiro atoms. The van der Waals surface area contributed by atoms with E-state index in [9.17, 15) is 4.79 Å². The van der Waals surface area contributed by atoms with Gasteiger partial charge in [-0.3, -0.25) is 0 Å². The Morgan fingerprint density at radius 1 is 1.32 bits per heavy atom. The van der Waals surface area contributed by atoms with E-state index in [0.29, 0.717) is 23.2 Å². The van der Waals surface area contributed by atoms with E-state index in [4.69, 9.17) is 17.0 Å². The number of rotatable bonds is 5. The van der Waals surface area contributed by atoms with E-state index in [-0.39, 0.29) is 5.97 Å². The van der Waals surface area contributed by atoms with Crippen molar-refractivity contribution in [1.82, 2.24) is 5.32 Å². The standard InChI is InChI=1S/C14H20N2O2S/c1-4-18-13(17)11-5-7-12(8-6-11)16-14(19)15-9-10(2)3/h5-8,10H,4,9H2,1-3H3,(H2,15,16,19). The van der Waals surface area contributed by atoms with Crippen molar-refractivity contribution in [3.8, 4) is 0 Å². The quantitative estimate of drug-likeness (QED) is 0.641. The molecule has 0 atom stereocenters. The minimum absolute atomic E-state index is 0.311. The molecular formula is C14H20N2O2S. The SMILES string of the molecule is CCOC(=O)c1ccc(NC(=S)NCC(C)C)cc1. The van der Waals surface area contributed by atoms with Crippen LogP contribution in [0.5, 0.6) is 0 Å². The highest BCUT2D eigenvalue weighted by Gasteiger charge is 2.06. The van der Waals surface area contributed by atoms with Crippen LogP contribution in [-0.4, -0.2) is 24.2 Å². The number of thiocarbonyl (C=S) groups is 1. The summed E-state index contributed by atoms with van der Waals surface area (Å²) >= 11 is 5.17. The van der Waals surface area contributed by atoms with Crippen molar-refractivity contribution in [3.05, 3.63) is 29.8 Å². The first-order valence-corrected chi connectivity index (χ1v) is 6.75. The predicted octanol–water partition coefficient (Wildman–Crippen LogP) is 2.81. The monoisotopic (exact) mass is 280 g/mol. The van der Waals surface area contributed by atoms with Gasteiger partial charge in [-0.2, -0.15) is 0 Å². The molecule has 0 unspecified atom stereocenters. The van der Waals surface area contributed by atoms with Gasteiger partial charge in [0.15, 0.2) is 5.11 Å². The number of hydrogen-bond acceptors (Lipinski definition) is 3. The minimum Gasteiger partial charge on any atom is -0.462 e. The minimum atomic E-state index is -0.311. The largest absolute Gasteiger partial charge is 0.462 e. The summed E-state index contributed by atoms with van der Waals surface area (Å²) in [5.41, 5.74) is 1.38. The average Bonchev–Trinajstić information content (AvgIpc) is 2.37. The van der Waals surface area contributed by atoms with Gasteiger partial charge in [0.2, 0.25) is 0 Å². The average molecular weight is 280 g/mol. The van der Waals surface area contributed by atoms with Crippen LogP contribution in [0, 0.1) is 5.92 Å². The Morgan fingerprint density at radius 2 is 1.95 bits per heavy atom. The van der Waals surface area contributed by atoms with Gasteiger partial charge in [0.25, 0.3) is 0 Å². The van der Waals surface area contributed by atoms with Crippen molar-refractivity contribution in [2.45, 2.75) is 20.8 Å². The van der Waals surface area contributed by atoms with E-state index in [0.717, 1.165) is 12.2 Å². The number of benzene rings is 1.